The van der Waals surface area contributed by atoms with Gasteiger partial charge in [-0.1, -0.05) is 29.8 Å². The number of hydrogen-bond donors (Lipinski definition) is 1. The fourth-order valence-electron chi connectivity index (χ4n) is 4.73. The second kappa shape index (κ2) is 10.3. The summed E-state index contributed by atoms with van der Waals surface area (Å²) in [6.45, 7) is 1.04. The second-order valence-corrected chi connectivity index (χ2v) is 9.85. The van der Waals surface area contributed by atoms with Crippen molar-refractivity contribution in [1.29, 1.82) is 0 Å². The smallest absolute Gasteiger partial charge is 0.274 e. The van der Waals surface area contributed by atoms with Gasteiger partial charge in [-0.2, -0.15) is 11.8 Å². The van der Waals surface area contributed by atoms with E-state index in [-0.39, 0.29) is 35.2 Å². The minimum absolute atomic E-state index is 0.000179. The highest BCUT2D eigenvalue weighted by Gasteiger charge is 2.51. The summed E-state index contributed by atoms with van der Waals surface area (Å²) < 4.78 is 0. The van der Waals surface area contributed by atoms with E-state index in [4.69, 9.17) is 11.6 Å². The molecule has 0 saturated carbocycles. The molecule has 1 aromatic heterocycles. The largest absolute Gasteiger partial charge is 0.338 e. The van der Waals surface area contributed by atoms with E-state index < -0.39 is 10.6 Å². The van der Waals surface area contributed by atoms with Crippen molar-refractivity contribution >= 4 is 40.9 Å². The molecule has 2 aliphatic rings. The van der Waals surface area contributed by atoms with Gasteiger partial charge in [0.25, 0.3) is 11.6 Å². The number of halogens is 1. The molecule has 9 nitrogen and oxygen atoms in total. The van der Waals surface area contributed by atoms with Crippen molar-refractivity contribution in [2.45, 2.75) is 37.5 Å². The van der Waals surface area contributed by atoms with Gasteiger partial charge in [0.15, 0.2) is 0 Å². The first kappa shape index (κ1) is 24.4. The van der Waals surface area contributed by atoms with Crippen molar-refractivity contribution in [3.05, 3.63) is 69.0 Å². The highest BCUT2D eigenvalue weighted by molar-refractivity contribution is 7.98. The Kier molecular flexibility index (Phi) is 7.39. The Labute approximate surface area is 207 Å². The van der Waals surface area contributed by atoms with Crippen molar-refractivity contribution in [3.8, 4) is 0 Å². The maximum atomic E-state index is 13.4. The number of para-hydroxylation sites is 1. The van der Waals surface area contributed by atoms with Gasteiger partial charge in [-0.15, -0.1) is 0 Å². The second-order valence-electron chi connectivity index (χ2n) is 8.48. The lowest BCUT2D eigenvalue weighted by atomic mass is 9.94. The van der Waals surface area contributed by atoms with Crippen LogP contribution in [-0.2, 0) is 11.3 Å². The highest BCUT2D eigenvalue weighted by Crippen LogP contribution is 2.36. The standard InChI is InChI=1S/C23H26ClN5O4S/c1-34-13-7-18-22(31)28(15-17-4-2-3-5-19(17)29(32)33)23(26-18)8-11-27(12-9-23)21(30)16-6-10-25-20(24)14-16/h2-6,10,14,18,26H,7-9,11-13,15H2,1H3. The normalized spacial score (nSPS) is 19.6. The first-order chi connectivity index (χ1) is 16.3. The van der Waals surface area contributed by atoms with Crippen molar-refractivity contribution in [1.82, 2.24) is 20.1 Å². The van der Waals surface area contributed by atoms with Gasteiger partial charge in [0.2, 0.25) is 5.91 Å². The number of pyridine rings is 1. The molecule has 11 heteroatoms. The van der Waals surface area contributed by atoms with Crippen LogP contribution in [0.2, 0.25) is 5.15 Å². The van der Waals surface area contributed by atoms with E-state index in [1.54, 1.807) is 51.9 Å². The first-order valence-electron chi connectivity index (χ1n) is 11.1. The zero-order chi connectivity index (χ0) is 24.3. The van der Waals surface area contributed by atoms with Gasteiger partial charge in [-0.3, -0.25) is 25.0 Å². The summed E-state index contributed by atoms with van der Waals surface area (Å²) in [6, 6.07) is 9.35. The third-order valence-electron chi connectivity index (χ3n) is 6.50. The predicted molar refractivity (Wildman–Crippen MR) is 131 cm³/mol. The fraction of sp³-hybridized carbons (Fsp3) is 0.435. The van der Waals surface area contributed by atoms with E-state index in [1.807, 2.05) is 6.26 Å². The van der Waals surface area contributed by atoms with Crippen molar-refractivity contribution in [2.75, 3.05) is 25.1 Å². The fourth-order valence-corrected chi connectivity index (χ4v) is 5.37. The number of carbonyl (C=O) groups excluding carboxylic acids is 2. The molecule has 1 N–H and O–H groups in total. The van der Waals surface area contributed by atoms with E-state index in [9.17, 15) is 19.7 Å². The van der Waals surface area contributed by atoms with Gasteiger partial charge in [0.1, 0.15) is 5.15 Å². The van der Waals surface area contributed by atoms with Gasteiger partial charge in [-0.05, 0) is 30.6 Å². The number of hydrogen-bond acceptors (Lipinski definition) is 7. The molecule has 2 aromatic rings. The lowest BCUT2D eigenvalue weighted by Crippen LogP contribution is -2.59. The first-order valence-corrected chi connectivity index (χ1v) is 12.8. The van der Waals surface area contributed by atoms with E-state index in [0.717, 1.165) is 5.75 Å². The third-order valence-corrected chi connectivity index (χ3v) is 7.35. The summed E-state index contributed by atoms with van der Waals surface area (Å²) in [6.07, 6.45) is 5.23. The molecule has 1 unspecified atom stereocenters. The Hall–Kier alpha value is -2.69. The average molecular weight is 504 g/mol. The van der Waals surface area contributed by atoms with Crippen LogP contribution in [0.15, 0.2) is 42.6 Å². The molecule has 2 aliphatic heterocycles. The van der Waals surface area contributed by atoms with Crippen LogP contribution in [0, 0.1) is 10.1 Å². The molecule has 2 amide bonds. The zero-order valence-electron chi connectivity index (χ0n) is 18.8. The summed E-state index contributed by atoms with van der Waals surface area (Å²) in [5, 5.41) is 15.4. The van der Waals surface area contributed by atoms with Crippen LogP contribution in [0.25, 0.3) is 0 Å². The molecule has 1 spiro atoms. The number of aromatic nitrogens is 1. The van der Waals surface area contributed by atoms with E-state index in [2.05, 4.69) is 10.3 Å². The quantitative estimate of drug-likeness (QED) is 0.350. The van der Waals surface area contributed by atoms with Gasteiger partial charge in [-0.25, -0.2) is 4.98 Å². The molecule has 3 heterocycles. The Morgan fingerprint density at radius 2 is 2.06 bits per heavy atom. The van der Waals surface area contributed by atoms with Crippen LogP contribution < -0.4 is 5.32 Å². The molecule has 0 aliphatic carbocycles. The number of benzene rings is 1. The van der Waals surface area contributed by atoms with Gasteiger partial charge < -0.3 is 9.80 Å². The van der Waals surface area contributed by atoms with Crippen LogP contribution in [-0.4, -0.2) is 68.3 Å². The number of thioether (sulfide) groups is 1. The number of nitrogens with one attached hydrogen (secondary N) is 1. The zero-order valence-corrected chi connectivity index (χ0v) is 20.3. The average Bonchev–Trinajstić information content (AvgIpc) is 3.08. The molecule has 180 valence electrons. The summed E-state index contributed by atoms with van der Waals surface area (Å²) in [5.41, 5.74) is 0.315. The maximum Gasteiger partial charge on any atom is 0.274 e. The molecule has 1 aromatic carbocycles. The number of piperidine rings is 1. The van der Waals surface area contributed by atoms with E-state index in [1.165, 1.54) is 12.3 Å². The molecule has 1 atom stereocenters. The molecular weight excluding hydrogens is 478 g/mol. The predicted octanol–water partition coefficient (Wildman–Crippen LogP) is 3.33. The number of rotatable bonds is 7. The minimum atomic E-state index is -0.656. The number of nitrogens with zero attached hydrogens (tertiary/aromatic N) is 4. The summed E-state index contributed by atoms with van der Waals surface area (Å²) in [5.74, 6) is 0.646. The van der Waals surface area contributed by atoms with Crippen molar-refractivity contribution in [2.24, 2.45) is 0 Å². The molecular formula is C23H26ClN5O4S. The maximum absolute atomic E-state index is 13.4. The molecule has 0 bridgehead atoms. The molecule has 2 fully saturated rings. The Morgan fingerprint density at radius 3 is 2.74 bits per heavy atom. The summed E-state index contributed by atoms with van der Waals surface area (Å²) in [7, 11) is 0. The minimum Gasteiger partial charge on any atom is -0.338 e. The number of amides is 2. The topological polar surface area (TPSA) is 109 Å². The molecule has 34 heavy (non-hydrogen) atoms. The molecule has 4 rings (SSSR count). The number of nitro groups is 1. The van der Waals surface area contributed by atoms with Gasteiger partial charge >= 0.3 is 0 Å². The third kappa shape index (κ3) is 4.89. The van der Waals surface area contributed by atoms with Gasteiger partial charge in [0, 0.05) is 49.3 Å². The van der Waals surface area contributed by atoms with Crippen LogP contribution in [0.4, 0.5) is 5.69 Å². The number of likely N-dealkylation sites (tertiary alicyclic amines) is 1. The number of carbonyl (C=O) groups is 2. The van der Waals surface area contributed by atoms with Crippen molar-refractivity contribution in [3.63, 3.8) is 0 Å². The summed E-state index contributed by atoms with van der Waals surface area (Å²) in [4.78, 5) is 45.0. The Morgan fingerprint density at radius 1 is 1.32 bits per heavy atom. The molecule has 2 saturated heterocycles. The van der Waals surface area contributed by atoms with E-state index in [0.29, 0.717) is 43.5 Å². The van der Waals surface area contributed by atoms with E-state index >= 15 is 0 Å². The van der Waals surface area contributed by atoms with Gasteiger partial charge in [0.05, 0.1) is 23.2 Å². The van der Waals surface area contributed by atoms with Crippen LogP contribution in [0.3, 0.4) is 0 Å². The highest BCUT2D eigenvalue weighted by atomic mass is 35.5. The van der Waals surface area contributed by atoms with Crippen LogP contribution in [0.5, 0.6) is 0 Å². The SMILES string of the molecule is CSCCC1NC2(CCN(C(=O)c3ccnc(Cl)c3)CC2)N(Cc2ccccc2[N+](=O)[O-])C1=O. The Balaban J connectivity index is 1.56. The van der Waals surface area contributed by atoms with Crippen LogP contribution >= 0.6 is 23.4 Å². The summed E-state index contributed by atoms with van der Waals surface area (Å²) >= 11 is 7.62. The molecule has 0 radical (unpaired) electrons. The Bertz CT molecular complexity index is 1090. The lowest BCUT2D eigenvalue weighted by Gasteiger charge is -2.44. The van der Waals surface area contributed by atoms with Crippen molar-refractivity contribution < 1.29 is 14.5 Å². The monoisotopic (exact) mass is 503 g/mol. The number of nitro benzene ring substituents is 1. The lowest BCUT2D eigenvalue weighted by molar-refractivity contribution is -0.385. The van der Waals surface area contributed by atoms with Crippen LogP contribution in [0.1, 0.15) is 35.2 Å².